The van der Waals surface area contributed by atoms with Crippen molar-refractivity contribution in [1.82, 2.24) is 5.06 Å². The molecule has 0 saturated carbocycles. The molecule has 2 rings (SSSR count). The van der Waals surface area contributed by atoms with E-state index in [-0.39, 0.29) is 6.03 Å². The number of urea groups is 1. The largest absolute Gasteiger partial charge is 0.489 e. The molecule has 0 radical (unpaired) electrons. The fourth-order valence-corrected chi connectivity index (χ4v) is 1.94. The first-order valence-electron chi connectivity index (χ1n) is 6.65. The first-order chi connectivity index (χ1) is 10.6. The van der Waals surface area contributed by atoms with Crippen LogP contribution in [-0.4, -0.2) is 25.3 Å². The maximum atomic E-state index is 11.7. The number of para-hydroxylation sites is 1. The normalized spacial score (nSPS) is 10.1. The van der Waals surface area contributed by atoms with Crippen LogP contribution >= 0.6 is 11.6 Å². The fourth-order valence-electron chi connectivity index (χ4n) is 1.71. The van der Waals surface area contributed by atoms with Gasteiger partial charge in [-0.05, 0) is 24.3 Å². The first kappa shape index (κ1) is 16.1. The Labute approximate surface area is 134 Å². The zero-order valence-corrected chi connectivity index (χ0v) is 13.1. The lowest BCUT2D eigenvalue weighted by molar-refractivity contribution is -0.0598. The van der Waals surface area contributed by atoms with Crippen LogP contribution in [0.2, 0.25) is 5.02 Å². The van der Waals surface area contributed by atoms with E-state index < -0.39 is 0 Å². The molecule has 1 N–H and O–H groups in total. The Bertz CT molecular complexity index is 635. The third-order valence-corrected chi connectivity index (χ3v) is 3.35. The fraction of sp³-hybridized carbons (Fsp3) is 0.188. The predicted molar refractivity (Wildman–Crippen MR) is 86.0 cm³/mol. The van der Waals surface area contributed by atoms with E-state index in [1.54, 1.807) is 12.1 Å². The Balaban J connectivity index is 1.99. The van der Waals surface area contributed by atoms with Crippen LogP contribution < -0.4 is 10.1 Å². The molecule has 22 heavy (non-hydrogen) atoms. The maximum absolute atomic E-state index is 11.7. The lowest BCUT2D eigenvalue weighted by Crippen LogP contribution is -2.30. The van der Waals surface area contributed by atoms with Crippen LogP contribution in [0.3, 0.4) is 0 Å². The number of nitrogens with zero attached hydrogens (tertiary/aromatic N) is 1. The molecular weight excluding hydrogens is 304 g/mol. The van der Waals surface area contributed by atoms with Crippen molar-refractivity contribution in [3.05, 3.63) is 59.1 Å². The lowest BCUT2D eigenvalue weighted by Gasteiger charge is -2.15. The SMILES string of the molecule is CON(C)C(=O)Nc1ccc(COc2ccccc2)c(Cl)c1. The number of carbonyl (C=O) groups is 1. The van der Waals surface area contributed by atoms with E-state index in [9.17, 15) is 4.79 Å². The summed E-state index contributed by atoms with van der Waals surface area (Å²) in [6.45, 7) is 0.356. The summed E-state index contributed by atoms with van der Waals surface area (Å²) in [5.41, 5.74) is 1.42. The van der Waals surface area contributed by atoms with E-state index in [1.165, 1.54) is 14.2 Å². The Hall–Kier alpha value is -2.24. The summed E-state index contributed by atoms with van der Waals surface area (Å²) < 4.78 is 5.65. The van der Waals surface area contributed by atoms with Gasteiger partial charge in [0.15, 0.2) is 0 Å². The molecule has 0 unspecified atom stereocenters. The molecule has 0 heterocycles. The molecule has 0 aliphatic carbocycles. The van der Waals surface area contributed by atoms with Gasteiger partial charge in [0, 0.05) is 23.3 Å². The van der Waals surface area contributed by atoms with Crippen molar-refractivity contribution < 1.29 is 14.4 Å². The Morgan fingerprint density at radius 3 is 2.59 bits per heavy atom. The number of hydroxylamine groups is 2. The van der Waals surface area contributed by atoms with Gasteiger partial charge in [-0.2, -0.15) is 0 Å². The van der Waals surface area contributed by atoms with Crippen LogP contribution in [0, 0.1) is 0 Å². The van der Waals surface area contributed by atoms with E-state index in [2.05, 4.69) is 5.32 Å². The van der Waals surface area contributed by atoms with Crippen LogP contribution in [0.15, 0.2) is 48.5 Å². The van der Waals surface area contributed by atoms with Crippen molar-refractivity contribution in [2.24, 2.45) is 0 Å². The summed E-state index contributed by atoms with van der Waals surface area (Å²) in [4.78, 5) is 16.5. The third kappa shape index (κ3) is 4.38. The predicted octanol–water partition coefficient (Wildman–Crippen LogP) is 3.94. The van der Waals surface area contributed by atoms with E-state index in [0.717, 1.165) is 16.4 Å². The van der Waals surface area contributed by atoms with E-state index >= 15 is 0 Å². The zero-order valence-electron chi connectivity index (χ0n) is 12.4. The highest BCUT2D eigenvalue weighted by molar-refractivity contribution is 6.31. The van der Waals surface area contributed by atoms with Crippen LogP contribution in [0.1, 0.15) is 5.56 Å². The van der Waals surface area contributed by atoms with Crippen LogP contribution in [0.4, 0.5) is 10.5 Å². The van der Waals surface area contributed by atoms with Crippen molar-refractivity contribution in [2.45, 2.75) is 6.61 Å². The van der Waals surface area contributed by atoms with Gasteiger partial charge in [0.25, 0.3) is 0 Å². The van der Waals surface area contributed by atoms with Crippen molar-refractivity contribution >= 4 is 23.3 Å². The number of halogens is 1. The van der Waals surface area contributed by atoms with Crippen molar-refractivity contribution in [3.8, 4) is 5.75 Å². The number of amides is 2. The molecule has 0 saturated heterocycles. The highest BCUT2D eigenvalue weighted by Crippen LogP contribution is 2.23. The van der Waals surface area contributed by atoms with Crippen LogP contribution in [0.25, 0.3) is 0 Å². The first-order valence-corrected chi connectivity index (χ1v) is 7.03. The van der Waals surface area contributed by atoms with Crippen LogP contribution in [-0.2, 0) is 11.4 Å². The molecule has 0 spiro atoms. The van der Waals surface area contributed by atoms with Gasteiger partial charge < -0.3 is 10.1 Å². The minimum atomic E-state index is -0.383. The van der Waals surface area contributed by atoms with Gasteiger partial charge >= 0.3 is 6.03 Å². The van der Waals surface area contributed by atoms with Gasteiger partial charge in [0.2, 0.25) is 0 Å². The monoisotopic (exact) mass is 320 g/mol. The standard InChI is InChI=1S/C16H17ClN2O3/c1-19(21-2)16(20)18-13-9-8-12(15(17)10-13)11-22-14-6-4-3-5-7-14/h3-10H,11H2,1-2H3,(H,18,20). The van der Waals surface area contributed by atoms with E-state index in [1.807, 2.05) is 36.4 Å². The average molecular weight is 321 g/mol. The van der Waals surface area contributed by atoms with Gasteiger partial charge in [-0.1, -0.05) is 35.9 Å². The molecule has 2 amide bonds. The zero-order chi connectivity index (χ0) is 15.9. The van der Waals surface area contributed by atoms with Gasteiger partial charge in [-0.3, -0.25) is 4.84 Å². The van der Waals surface area contributed by atoms with Crippen molar-refractivity contribution in [2.75, 3.05) is 19.5 Å². The molecule has 0 aliphatic heterocycles. The van der Waals surface area contributed by atoms with Gasteiger partial charge in [0.1, 0.15) is 12.4 Å². The molecule has 0 bridgehead atoms. The number of nitrogens with one attached hydrogen (secondary N) is 1. The highest BCUT2D eigenvalue weighted by atomic mass is 35.5. The number of carbonyl (C=O) groups excluding carboxylic acids is 1. The second-order valence-corrected chi connectivity index (χ2v) is 4.93. The second kappa shape index (κ2) is 7.68. The Morgan fingerprint density at radius 2 is 1.95 bits per heavy atom. The average Bonchev–Trinajstić information content (AvgIpc) is 2.54. The number of ether oxygens (including phenoxy) is 1. The smallest absolute Gasteiger partial charge is 0.345 e. The molecule has 2 aromatic rings. The van der Waals surface area contributed by atoms with Crippen LogP contribution in [0.5, 0.6) is 5.75 Å². The minimum Gasteiger partial charge on any atom is -0.489 e. The molecular formula is C16H17ClN2O3. The number of rotatable bonds is 5. The number of hydrogen-bond donors (Lipinski definition) is 1. The summed E-state index contributed by atoms with van der Waals surface area (Å²) in [6, 6.07) is 14.4. The molecule has 2 aromatic carbocycles. The summed E-state index contributed by atoms with van der Waals surface area (Å²) >= 11 is 6.22. The third-order valence-electron chi connectivity index (χ3n) is 3.00. The number of hydrogen-bond acceptors (Lipinski definition) is 3. The summed E-state index contributed by atoms with van der Waals surface area (Å²) in [7, 11) is 2.93. The summed E-state index contributed by atoms with van der Waals surface area (Å²) in [5, 5.41) is 4.28. The molecule has 5 nitrogen and oxygen atoms in total. The highest BCUT2D eigenvalue weighted by Gasteiger charge is 2.09. The molecule has 0 atom stereocenters. The van der Waals surface area contributed by atoms with Gasteiger partial charge in [0.05, 0.1) is 7.11 Å². The molecule has 0 aromatic heterocycles. The van der Waals surface area contributed by atoms with E-state index in [0.29, 0.717) is 17.3 Å². The van der Waals surface area contributed by atoms with Gasteiger partial charge in [-0.15, -0.1) is 0 Å². The lowest BCUT2D eigenvalue weighted by atomic mass is 10.2. The number of benzene rings is 2. The van der Waals surface area contributed by atoms with Crippen molar-refractivity contribution in [1.29, 1.82) is 0 Å². The summed E-state index contributed by atoms with van der Waals surface area (Å²) in [6.07, 6.45) is 0. The molecule has 0 fully saturated rings. The molecule has 116 valence electrons. The quantitative estimate of drug-likeness (QED) is 0.849. The Kier molecular flexibility index (Phi) is 5.63. The summed E-state index contributed by atoms with van der Waals surface area (Å²) in [5.74, 6) is 0.776. The maximum Gasteiger partial charge on any atom is 0.345 e. The van der Waals surface area contributed by atoms with E-state index in [4.69, 9.17) is 21.2 Å². The molecule has 6 heteroatoms. The Morgan fingerprint density at radius 1 is 1.23 bits per heavy atom. The topological polar surface area (TPSA) is 50.8 Å². The minimum absolute atomic E-state index is 0.356. The second-order valence-electron chi connectivity index (χ2n) is 4.52. The van der Waals surface area contributed by atoms with Crippen molar-refractivity contribution in [3.63, 3.8) is 0 Å². The molecule has 0 aliphatic rings. The van der Waals surface area contributed by atoms with Gasteiger partial charge in [-0.25, -0.2) is 9.86 Å². The number of anilines is 1.